The van der Waals surface area contributed by atoms with Gasteiger partial charge in [0.1, 0.15) is 5.82 Å². The highest BCUT2D eigenvalue weighted by Crippen LogP contribution is 2.36. The van der Waals surface area contributed by atoms with Crippen molar-refractivity contribution >= 4 is 17.3 Å². The van der Waals surface area contributed by atoms with Crippen LogP contribution in [0.15, 0.2) is 45.5 Å². The lowest BCUT2D eigenvalue weighted by molar-refractivity contribution is -0.0920. The predicted molar refractivity (Wildman–Crippen MR) is 84.6 cm³/mol. The molecular weight excluding hydrogens is 330 g/mol. The lowest BCUT2D eigenvalue weighted by Crippen LogP contribution is -2.13. The van der Waals surface area contributed by atoms with E-state index in [9.17, 15) is 17.6 Å². The summed E-state index contributed by atoms with van der Waals surface area (Å²) in [4.78, 5) is 4.26. The molecule has 1 heterocycles. The fraction of sp³-hybridized carbons (Fsp3) is 0.353. The first-order chi connectivity index (χ1) is 10.7. The Balaban J connectivity index is 2.58. The van der Waals surface area contributed by atoms with Crippen molar-refractivity contribution in [1.29, 1.82) is 0 Å². The van der Waals surface area contributed by atoms with Crippen molar-refractivity contribution in [2.24, 2.45) is 4.99 Å². The van der Waals surface area contributed by atoms with Gasteiger partial charge in [-0.25, -0.2) is 4.39 Å². The molecule has 0 unspecified atom stereocenters. The molecule has 1 nitrogen and oxygen atoms in total. The Bertz CT molecular complexity index is 706. The third kappa shape index (κ3) is 3.34. The molecule has 0 bridgehead atoms. The van der Waals surface area contributed by atoms with Crippen molar-refractivity contribution in [2.75, 3.05) is 6.54 Å². The highest BCUT2D eigenvalue weighted by atomic mass is 35.5. The normalized spacial score (nSPS) is 16.6. The Morgan fingerprint density at radius 1 is 1.26 bits per heavy atom. The number of halogens is 5. The van der Waals surface area contributed by atoms with Gasteiger partial charge in [0.05, 0.1) is 22.8 Å². The van der Waals surface area contributed by atoms with Gasteiger partial charge in [-0.15, -0.1) is 0 Å². The predicted octanol–water partition coefficient (Wildman–Crippen LogP) is 5.89. The Hall–Kier alpha value is -1.62. The maximum absolute atomic E-state index is 14.1. The number of aliphatic imine (C=N–C) groups is 1. The van der Waals surface area contributed by atoms with Crippen LogP contribution in [-0.4, -0.2) is 18.4 Å². The number of hydrogen-bond acceptors (Lipinski definition) is 1. The second kappa shape index (κ2) is 6.48. The SMILES string of the molecule is CCC1=C(/C(C)=C(/C)C(F)(F)F)CN=C1c1c(F)cccc1Cl. The van der Waals surface area contributed by atoms with Crippen LogP contribution in [0.25, 0.3) is 0 Å². The second-order valence-electron chi connectivity index (χ2n) is 5.32. The second-order valence-corrected chi connectivity index (χ2v) is 5.73. The van der Waals surface area contributed by atoms with Crippen LogP contribution in [0.3, 0.4) is 0 Å². The Morgan fingerprint density at radius 3 is 2.43 bits per heavy atom. The van der Waals surface area contributed by atoms with Gasteiger partial charge in [0.2, 0.25) is 0 Å². The average Bonchev–Trinajstić information content (AvgIpc) is 2.88. The standard InChI is InChI=1S/C17H16ClF4N/c1-4-11-12(9(2)10(3)17(20,21)22)8-23-16(11)15-13(18)6-5-7-14(15)19/h5-7H,4,8H2,1-3H3/b10-9-. The van der Waals surface area contributed by atoms with Crippen molar-refractivity contribution in [3.8, 4) is 0 Å². The lowest BCUT2D eigenvalue weighted by Gasteiger charge is -2.14. The molecule has 0 aromatic heterocycles. The van der Waals surface area contributed by atoms with E-state index >= 15 is 0 Å². The summed E-state index contributed by atoms with van der Waals surface area (Å²) in [7, 11) is 0. The molecule has 0 fully saturated rings. The van der Waals surface area contributed by atoms with E-state index in [2.05, 4.69) is 4.99 Å². The summed E-state index contributed by atoms with van der Waals surface area (Å²) in [5.41, 5.74) is 1.09. The smallest absolute Gasteiger partial charge is 0.279 e. The van der Waals surface area contributed by atoms with Gasteiger partial charge in [-0.1, -0.05) is 24.6 Å². The summed E-state index contributed by atoms with van der Waals surface area (Å²) in [5, 5.41) is 0.199. The zero-order chi connectivity index (χ0) is 17.4. The molecule has 0 N–H and O–H groups in total. The summed E-state index contributed by atoms with van der Waals surface area (Å²) in [6.07, 6.45) is -3.95. The molecule has 1 aromatic carbocycles. The van der Waals surface area contributed by atoms with E-state index in [1.54, 1.807) is 6.92 Å². The molecule has 1 aliphatic rings. The minimum Gasteiger partial charge on any atom is -0.279 e. The van der Waals surface area contributed by atoms with Gasteiger partial charge in [0.15, 0.2) is 0 Å². The molecule has 0 radical (unpaired) electrons. The summed E-state index contributed by atoms with van der Waals surface area (Å²) in [6.45, 7) is 4.38. The molecule has 0 saturated carbocycles. The minimum absolute atomic E-state index is 0.0996. The van der Waals surface area contributed by atoms with Crippen LogP contribution in [0.4, 0.5) is 17.6 Å². The van der Waals surface area contributed by atoms with Gasteiger partial charge >= 0.3 is 6.18 Å². The number of alkyl halides is 3. The molecule has 0 spiro atoms. The van der Waals surface area contributed by atoms with E-state index in [4.69, 9.17) is 11.6 Å². The van der Waals surface area contributed by atoms with E-state index in [-0.39, 0.29) is 22.7 Å². The topological polar surface area (TPSA) is 12.4 Å². The van der Waals surface area contributed by atoms with Gasteiger partial charge in [-0.3, -0.25) is 4.99 Å². The molecule has 0 aliphatic carbocycles. The molecule has 6 heteroatoms. The summed E-state index contributed by atoms with van der Waals surface area (Å²) >= 11 is 6.06. The van der Waals surface area contributed by atoms with Gasteiger partial charge in [0.25, 0.3) is 0 Å². The quantitative estimate of drug-likeness (QED) is 0.606. The summed E-state index contributed by atoms with van der Waals surface area (Å²) in [6, 6.07) is 4.28. The molecule has 124 valence electrons. The Labute approximate surface area is 137 Å². The first kappa shape index (κ1) is 17.7. The monoisotopic (exact) mass is 345 g/mol. The van der Waals surface area contributed by atoms with Gasteiger partial charge in [0, 0.05) is 5.57 Å². The molecule has 23 heavy (non-hydrogen) atoms. The third-order valence-corrected chi connectivity index (χ3v) is 4.35. The number of rotatable bonds is 3. The van der Waals surface area contributed by atoms with Crippen LogP contribution in [0, 0.1) is 5.82 Å². The average molecular weight is 346 g/mol. The maximum atomic E-state index is 14.1. The van der Waals surface area contributed by atoms with Crippen molar-refractivity contribution < 1.29 is 17.6 Å². The van der Waals surface area contributed by atoms with Crippen LogP contribution >= 0.6 is 11.6 Å². The van der Waals surface area contributed by atoms with Crippen LogP contribution in [0.2, 0.25) is 5.02 Å². The summed E-state index contributed by atoms with van der Waals surface area (Å²) in [5.74, 6) is -0.530. The van der Waals surface area contributed by atoms with Gasteiger partial charge < -0.3 is 0 Å². The molecular formula is C17H16ClF4N. The van der Waals surface area contributed by atoms with Gasteiger partial charge in [-0.2, -0.15) is 13.2 Å². The van der Waals surface area contributed by atoms with Crippen LogP contribution in [0.5, 0.6) is 0 Å². The fourth-order valence-electron chi connectivity index (χ4n) is 2.61. The Morgan fingerprint density at radius 2 is 1.91 bits per heavy atom. The minimum atomic E-state index is -4.39. The highest BCUT2D eigenvalue weighted by molar-refractivity contribution is 6.35. The van der Waals surface area contributed by atoms with E-state index in [0.717, 1.165) is 6.92 Å². The van der Waals surface area contributed by atoms with E-state index < -0.39 is 17.6 Å². The van der Waals surface area contributed by atoms with Crippen LogP contribution in [0.1, 0.15) is 32.8 Å². The number of nitrogens with zero attached hydrogens (tertiary/aromatic N) is 1. The molecule has 0 saturated heterocycles. The summed E-state index contributed by atoms with van der Waals surface area (Å²) < 4.78 is 52.9. The molecule has 2 rings (SSSR count). The van der Waals surface area contributed by atoms with Crippen LogP contribution in [-0.2, 0) is 0 Å². The first-order valence-corrected chi connectivity index (χ1v) is 7.52. The zero-order valence-corrected chi connectivity index (χ0v) is 13.7. The molecule has 0 atom stereocenters. The van der Waals surface area contributed by atoms with Crippen molar-refractivity contribution in [1.82, 2.24) is 0 Å². The number of benzene rings is 1. The van der Waals surface area contributed by atoms with Crippen molar-refractivity contribution in [3.05, 3.63) is 56.9 Å². The molecule has 0 amide bonds. The van der Waals surface area contributed by atoms with Crippen molar-refractivity contribution in [3.63, 3.8) is 0 Å². The third-order valence-electron chi connectivity index (χ3n) is 4.04. The van der Waals surface area contributed by atoms with E-state index in [1.807, 2.05) is 0 Å². The van der Waals surface area contributed by atoms with Gasteiger partial charge in [-0.05, 0) is 49.1 Å². The molecule has 1 aromatic rings. The zero-order valence-electron chi connectivity index (χ0n) is 13.0. The van der Waals surface area contributed by atoms with E-state index in [0.29, 0.717) is 23.3 Å². The van der Waals surface area contributed by atoms with Crippen LogP contribution < -0.4 is 0 Å². The lowest BCUT2D eigenvalue weighted by atomic mass is 9.92. The largest absolute Gasteiger partial charge is 0.412 e. The highest BCUT2D eigenvalue weighted by Gasteiger charge is 2.34. The number of hydrogen-bond donors (Lipinski definition) is 0. The fourth-order valence-corrected chi connectivity index (χ4v) is 2.86. The molecule has 1 aliphatic heterocycles. The Kier molecular flexibility index (Phi) is 4.99. The maximum Gasteiger partial charge on any atom is 0.412 e. The van der Waals surface area contributed by atoms with E-state index in [1.165, 1.54) is 25.1 Å². The van der Waals surface area contributed by atoms with Crippen molar-refractivity contribution in [2.45, 2.75) is 33.4 Å². The first-order valence-electron chi connectivity index (χ1n) is 7.14. The number of allylic oxidation sites excluding steroid dienone is 2.